The van der Waals surface area contributed by atoms with E-state index < -0.39 is 0 Å². The van der Waals surface area contributed by atoms with E-state index in [0.717, 1.165) is 16.3 Å². The van der Waals surface area contributed by atoms with Gasteiger partial charge in [-0.15, -0.1) is 0 Å². The van der Waals surface area contributed by atoms with Crippen LogP contribution in [0.3, 0.4) is 0 Å². The third kappa shape index (κ3) is 1.97. The lowest BCUT2D eigenvalue weighted by atomic mass is 10.1. The molecule has 16 heavy (non-hydrogen) atoms. The molecule has 2 rings (SSSR count). The number of pyridine rings is 1. The molecule has 1 heterocycles. The molecule has 0 aliphatic carbocycles. The van der Waals surface area contributed by atoms with Crippen LogP contribution in [0.15, 0.2) is 30.5 Å². The van der Waals surface area contributed by atoms with Gasteiger partial charge in [0.25, 0.3) is 0 Å². The first-order valence-corrected chi connectivity index (χ1v) is 5.06. The number of aliphatic hydroxyl groups excluding tert-OH is 1. The first-order valence-electron chi connectivity index (χ1n) is 5.06. The molecule has 0 fully saturated rings. The molecule has 80 valence electrons. The summed E-state index contributed by atoms with van der Waals surface area (Å²) in [6.45, 7) is 0.0767. The van der Waals surface area contributed by atoms with Gasteiger partial charge < -0.3 is 10.8 Å². The van der Waals surface area contributed by atoms with Crippen molar-refractivity contribution in [1.29, 1.82) is 0 Å². The molecular formula is C13H12N2O. The van der Waals surface area contributed by atoms with Gasteiger partial charge in [0.2, 0.25) is 0 Å². The molecule has 0 amide bonds. The van der Waals surface area contributed by atoms with Crippen molar-refractivity contribution in [3.63, 3.8) is 0 Å². The zero-order valence-electron chi connectivity index (χ0n) is 8.77. The predicted molar refractivity (Wildman–Crippen MR) is 64.7 cm³/mol. The standard InChI is InChI=1S/C13H12N2O/c14-13-12-7-2-1-6-11(12)10(9-15-13)5-3-4-8-16/h1-2,6-7,9,16H,4,8H2,(H2,14,15). The van der Waals surface area contributed by atoms with E-state index in [1.165, 1.54) is 0 Å². The van der Waals surface area contributed by atoms with Gasteiger partial charge in [-0.05, 0) is 0 Å². The van der Waals surface area contributed by atoms with Gasteiger partial charge in [0, 0.05) is 23.4 Å². The molecule has 1 aromatic heterocycles. The fourth-order valence-electron chi connectivity index (χ4n) is 1.53. The largest absolute Gasteiger partial charge is 0.395 e. The number of hydrogen-bond donors (Lipinski definition) is 2. The van der Waals surface area contributed by atoms with Crippen LogP contribution in [0.25, 0.3) is 10.8 Å². The lowest BCUT2D eigenvalue weighted by Gasteiger charge is -2.02. The molecule has 0 spiro atoms. The number of fused-ring (bicyclic) bond motifs is 1. The Labute approximate surface area is 93.9 Å². The molecule has 0 saturated carbocycles. The first-order chi connectivity index (χ1) is 7.83. The van der Waals surface area contributed by atoms with Crippen LogP contribution >= 0.6 is 0 Å². The topological polar surface area (TPSA) is 59.1 Å². The highest BCUT2D eigenvalue weighted by Gasteiger charge is 2.01. The Morgan fingerprint density at radius 2 is 2.00 bits per heavy atom. The molecule has 0 saturated heterocycles. The number of aliphatic hydroxyl groups is 1. The third-order valence-electron chi connectivity index (χ3n) is 2.29. The van der Waals surface area contributed by atoms with Crippen molar-refractivity contribution in [2.45, 2.75) is 6.42 Å². The number of hydrogen-bond acceptors (Lipinski definition) is 3. The zero-order valence-corrected chi connectivity index (χ0v) is 8.77. The molecule has 3 N–H and O–H groups in total. The van der Waals surface area contributed by atoms with E-state index >= 15 is 0 Å². The van der Waals surface area contributed by atoms with Crippen molar-refractivity contribution in [3.8, 4) is 11.8 Å². The second kappa shape index (κ2) is 4.65. The number of nitrogens with two attached hydrogens (primary N) is 1. The number of aromatic nitrogens is 1. The molecule has 0 radical (unpaired) electrons. The average molecular weight is 212 g/mol. The molecule has 0 bridgehead atoms. The Hall–Kier alpha value is -2.05. The van der Waals surface area contributed by atoms with Crippen LogP contribution in [0, 0.1) is 11.8 Å². The molecular weight excluding hydrogens is 200 g/mol. The summed E-state index contributed by atoms with van der Waals surface area (Å²) in [6, 6.07) is 7.76. The van der Waals surface area contributed by atoms with Gasteiger partial charge in [0.1, 0.15) is 5.82 Å². The van der Waals surface area contributed by atoms with Gasteiger partial charge in [-0.1, -0.05) is 36.1 Å². The molecule has 2 aromatic rings. The Morgan fingerprint density at radius 3 is 2.75 bits per heavy atom. The van der Waals surface area contributed by atoms with Crippen LogP contribution in [0.1, 0.15) is 12.0 Å². The van der Waals surface area contributed by atoms with Gasteiger partial charge in [0.05, 0.1) is 12.2 Å². The lowest BCUT2D eigenvalue weighted by Crippen LogP contribution is -1.93. The first kappa shape index (κ1) is 10.5. The van der Waals surface area contributed by atoms with Crippen molar-refractivity contribution in [1.82, 2.24) is 4.98 Å². The second-order valence-corrected chi connectivity index (χ2v) is 3.38. The Kier molecular flexibility index (Phi) is 3.04. The molecule has 3 nitrogen and oxygen atoms in total. The van der Waals surface area contributed by atoms with Crippen LogP contribution < -0.4 is 5.73 Å². The summed E-state index contributed by atoms with van der Waals surface area (Å²) in [4.78, 5) is 4.10. The van der Waals surface area contributed by atoms with Gasteiger partial charge in [-0.2, -0.15) is 0 Å². The monoisotopic (exact) mass is 212 g/mol. The number of nitrogens with zero attached hydrogens (tertiary/aromatic N) is 1. The second-order valence-electron chi connectivity index (χ2n) is 3.38. The fourth-order valence-corrected chi connectivity index (χ4v) is 1.53. The maximum atomic E-state index is 8.66. The minimum absolute atomic E-state index is 0.0767. The summed E-state index contributed by atoms with van der Waals surface area (Å²) in [7, 11) is 0. The van der Waals surface area contributed by atoms with Crippen molar-refractivity contribution in [2.75, 3.05) is 12.3 Å². The molecule has 1 aromatic carbocycles. The normalized spacial score (nSPS) is 9.81. The smallest absolute Gasteiger partial charge is 0.131 e. The number of anilines is 1. The number of benzene rings is 1. The average Bonchev–Trinajstić information content (AvgIpc) is 2.33. The summed E-state index contributed by atoms with van der Waals surface area (Å²) in [6.07, 6.45) is 2.14. The van der Waals surface area contributed by atoms with Gasteiger partial charge in [-0.25, -0.2) is 4.98 Å². The third-order valence-corrected chi connectivity index (χ3v) is 2.29. The zero-order chi connectivity index (χ0) is 11.4. The molecule has 3 heteroatoms. The number of nitrogen functional groups attached to an aromatic ring is 1. The highest BCUT2D eigenvalue weighted by Crippen LogP contribution is 2.21. The predicted octanol–water partition coefficient (Wildman–Crippen LogP) is 1.55. The van der Waals surface area contributed by atoms with E-state index in [2.05, 4.69) is 16.8 Å². The van der Waals surface area contributed by atoms with E-state index in [9.17, 15) is 0 Å². The fraction of sp³-hybridized carbons (Fsp3) is 0.154. The SMILES string of the molecule is Nc1ncc(C#CCCO)c2ccccc12. The summed E-state index contributed by atoms with van der Waals surface area (Å²) in [5, 5.41) is 10.6. The Balaban J connectivity index is 2.56. The van der Waals surface area contributed by atoms with Crippen LogP contribution in [0.2, 0.25) is 0 Å². The molecule has 0 atom stereocenters. The minimum atomic E-state index is 0.0767. The lowest BCUT2D eigenvalue weighted by molar-refractivity contribution is 0.305. The van der Waals surface area contributed by atoms with E-state index in [1.54, 1.807) is 6.20 Å². The highest BCUT2D eigenvalue weighted by molar-refractivity contribution is 5.94. The summed E-state index contributed by atoms with van der Waals surface area (Å²) in [5.74, 6) is 6.39. The molecule has 0 aliphatic rings. The van der Waals surface area contributed by atoms with Crippen LogP contribution in [0.5, 0.6) is 0 Å². The van der Waals surface area contributed by atoms with Crippen molar-refractivity contribution < 1.29 is 5.11 Å². The quantitative estimate of drug-likeness (QED) is 0.705. The van der Waals surface area contributed by atoms with Gasteiger partial charge in [-0.3, -0.25) is 0 Å². The van der Waals surface area contributed by atoms with E-state index in [4.69, 9.17) is 10.8 Å². The van der Waals surface area contributed by atoms with Gasteiger partial charge >= 0.3 is 0 Å². The summed E-state index contributed by atoms with van der Waals surface area (Å²) in [5.41, 5.74) is 6.63. The van der Waals surface area contributed by atoms with Crippen molar-refractivity contribution in [2.24, 2.45) is 0 Å². The maximum Gasteiger partial charge on any atom is 0.131 e. The summed E-state index contributed by atoms with van der Waals surface area (Å²) >= 11 is 0. The van der Waals surface area contributed by atoms with Crippen LogP contribution in [-0.4, -0.2) is 16.7 Å². The van der Waals surface area contributed by atoms with Crippen LogP contribution in [0.4, 0.5) is 5.82 Å². The van der Waals surface area contributed by atoms with Crippen molar-refractivity contribution in [3.05, 3.63) is 36.0 Å². The van der Waals surface area contributed by atoms with Crippen LogP contribution in [-0.2, 0) is 0 Å². The minimum Gasteiger partial charge on any atom is -0.395 e. The molecule has 0 unspecified atom stereocenters. The van der Waals surface area contributed by atoms with E-state index in [-0.39, 0.29) is 6.61 Å². The highest BCUT2D eigenvalue weighted by atomic mass is 16.2. The maximum absolute atomic E-state index is 8.66. The van der Waals surface area contributed by atoms with Gasteiger partial charge in [0.15, 0.2) is 0 Å². The van der Waals surface area contributed by atoms with Crippen molar-refractivity contribution >= 4 is 16.6 Å². The molecule has 0 aliphatic heterocycles. The Morgan fingerprint density at radius 1 is 1.25 bits per heavy atom. The van der Waals surface area contributed by atoms with E-state index in [0.29, 0.717) is 12.2 Å². The summed E-state index contributed by atoms with van der Waals surface area (Å²) < 4.78 is 0. The van der Waals surface area contributed by atoms with E-state index in [1.807, 2.05) is 24.3 Å². The number of rotatable bonds is 1. The Bertz CT molecular complexity index is 567.